The molecule has 5 nitrogen and oxygen atoms in total. The van der Waals surface area contributed by atoms with Crippen LogP contribution < -0.4 is 5.32 Å². The number of nitrogens with zero attached hydrogens (tertiary/aromatic N) is 1. The van der Waals surface area contributed by atoms with Crippen molar-refractivity contribution >= 4 is 16.8 Å². The van der Waals surface area contributed by atoms with Gasteiger partial charge in [-0.3, -0.25) is 9.89 Å². The number of aliphatic hydroxyl groups is 1. The van der Waals surface area contributed by atoms with E-state index in [1.54, 1.807) is 42.5 Å². The largest absolute Gasteiger partial charge is 0.394 e. The van der Waals surface area contributed by atoms with Crippen molar-refractivity contribution < 1.29 is 18.7 Å². The summed E-state index contributed by atoms with van der Waals surface area (Å²) in [5.41, 5.74) is 2.81. The van der Waals surface area contributed by atoms with Crippen LogP contribution >= 0.6 is 0 Å². The Balaban J connectivity index is 1.60. The Bertz CT molecular complexity index is 1190. The average molecular weight is 393 g/mol. The first-order valence-corrected chi connectivity index (χ1v) is 8.96. The van der Waals surface area contributed by atoms with E-state index in [4.69, 9.17) is 0 Å². The molecule has 1 aromatic heterocycles. The van der Waals surface area contributed by atoms with Crippen molar-refractivity contribution in [2.75, 3.05) is 6.61 Å². The van der Waals surface area contributed by atoms with E-state index in [0.29, 0.717) is 22.0 Å². The summed E-state index contributed by atoms with van der Waals surface area (Å²) in [5, 5.41) is 18.9. The van der Waals surface area contributed by atoms with Crippen LogP contribution in [0.3, 0.4) is 0 Å². The van der Waals surface area contributed by atoms with Gasteiger partial charge in [-0.05, 0) is 53.1 Å². The number of amides is 1. The third-order valence-corrected chi connectivity index (χ3v) is 4.70. The molecular weight excluding hydrogens is 376 g/mol. The van der Waals surface area contributed by atoms with Gasteiger partial charge in [0.1, 0.15) is 5.82 Å². The predicted molar refractivity (Wildman–Crippen MR) is 105 cm³/mol. The first kappa shape index (κ1) is 18.8. The van der Waals surface area contributed by atoms with Crippen LogP contribution in [0.5, 0.6) is 0 Å². The lowest BCUT2D eigenvalue weighted by molar-refractivity contribution is 0.0916. The number of aromatic nitrogens is 2. The van der Waals surface area contributed by atoms with Gasteiger partial charge in [-0.25, -0.2) is 4.39 Å². The summed E-state index contributed by atoms with van der Waals surface area (Å²) in [7, 11) is 0. The summed E-state index contributed by atoms with van der Waals surface area (Å²) in [6, 6.07) is 17.0. The number of carbonyl (C=O) groups excluding carboxylic acids is 1. The molecule has 4 aromatic rings. The van der Waals surface area contributed by atoms with Gasteiger partial charge in [0, 0.05) is 5.56 Å². The lowest BCUT2D eigenvalue weighted by Gasteiger charge is -2.17. The van der Waals surface area contributed by atoms with Gasteiger partial charge in [0.15, 0.2) is 0 Å². The van der Waals surface area contributed by atoms with Crippen LogP contribution in [0.25, 0.3) is 22.0 Å². The van der Waals surface area contributed by atoms with Crippen LogP contribution in [-0.4, -0.2) is 27.8 Å². The Kier molecular flexibility index (Phi) is 5.05. The number of aromatic amines is 1. The van der Waals surface area contributed by atoms with E-state index in [1.165, 1.54) is 18.2 Å². The van der Waals surface area contributed by atoms with E-state index in [0.717, 1.165) is 11.1 Å². The monoisotopic (exact) mass is 393 g/mol. The lowest BCUT2D eigenvalue weighted by Crippen LogP contribution is -2.30. The molecule has 4 rings (SSSR count). The number of halogens is 2. The fourth-order valence-electron chi connectivity index (χ4n) is 3.20. The number of aliphatic hydroxyl groups excluding tert-OH is 1. The number of hydrogen-bond donors (Lipinski definition) is 3. The molecule has 1 unspecified atom stereocenters. The maximum absolute atomic E-state index is 13.8. The summed E-state index contributed by atoms with van der Waals surface area (Å²) >= 11 is 0. The maximum atomic E-state index is 13.8. The van der Waals surface area contributed by atoms with Crippen LogP contribution in [0.1, 0.15) is 22.0 Å². The highest BCUT2D eigenvalue weighted by molar-refractivity contribution is 5.96. The third kappa shape index (κ3) is 3.86. The summed E-state index contributed by atoms with van der Waals surface area (Å²) in [4.78, 5) is 12.7. The van der Waals surface area contributed by atoms with Crippen LogP contribution in [0.2, 0.25) is 0 Å². The van der Waals surface area contributed by atoms with Crippen molar-refractivity contribution in [3.63, 3.8) is 0 Å². The van der Waals surface area contributed by atoms with Crippen LogP contribution in [0, 0.1) is 11.8 Å². The highest BCUT2D eigenvalue weighted by atomic mass is 19.1. The molecule has 1 amide bonds. The zero-order valence-electron chi connectivity index (χ0n) is 15.2. The molecule has 0 spiro atoms. The van der Waals surface area contributed by atoms with Gasteiger partial charge >= 0.3 is 0 Å². The number of H-pyrrole nitrogens is 1. The van der Waals surface area contributed by atoms with Gasteiger partial charge in [0.05, 0.1) is 23.6 Å². The summed E-state index contributed by atoms with van der Waals surface area (Å²) in [5.74, 6) is -1.37. The smallest absolute Gasteiger partial charge is 0.251 e. The summed E-state index contributed by atoms with van der Waals surface area (Å²) in [6.45, 7) is -0.370. The number of carbonyl (C=O) groups is 1. The Labute approximate surface area is 165 Å². The first-order chi connectivity index (χ1) is 14.0. The fraction of sp³-hybridized carbons (Fsp3) is 0.0909. The van der Waals surface area contributed by atoms with E-state index < -0.39 is 23.7 Å². The van der Waals surface area contributed by atoms with E-state index in [1.807, 2.05) is 6.07 Å². The molecular formula is C22H17F2N3O2. The third-order valence-electron chi connectivity index (χ3n) is 4.70. The Morgan fingerprint density at radius 2 is 1.83 bits per heavy atom. The van der Waals surface area contributed by atoms with E-state index in [2.05, 4.69) is 15.5 Å². The zero-order valence-corrected chi connectivity index (χ0v) is 15.2. The topological polar surface area (TPSA) is 78.0 Å². The lowest BCUT2D eigenvalue weighted by atomic mass is 10.0. The van der Waals surface area contributed by atoms with Crippen LogP contribution in [-0.2, 0) is 0 Å². The molecule has 0 aliphatic carbocycles. The number of nitrogens with one attached hydrogen (secondary N) is 2. The van der Waals surface area contributed by atoms with Crippen molar-refractivity contribution in [3.8, 4) is 11.1 Å². The molecule has 146 valence electrons. The summed E-state index contributed by atoms with van der Waals surface area (Å²) < 4.78 is 27.2. The predicted octanol–water partition coefficient (Wildman–Crippen LogP) is 3.97. The van der Waals surface area contributed by atoms with Crippen molar-refractivity contribution in [2.45, 2.75) is 6.04 Å². The maximum Gasteiger partial charge on any atom is 0.251 e. The van der Waals surface area contributed by atoms with Crippen molar-refractivity contribution in [1.29, 1.82) is 0 Å². The standard InChI is InChI=1S/C22H17F2N3O2/c23-17-6-2-4-15(10-17)20(12-28)25-22(29)16-5-1-3-13(9-16)14-7-8-19-18(11-14)21(24)27-26-19/h1-11,20,28H,12H2,(H,25,29)(H,26,27). The molecule has 7 heteroatoms. The molecule has 1 atom stereocenters. The molecule has 1 heterocycles. The highest BCUT2D eigenvalue weighted by Gasteiger charge is 2.16. The molecule has 0 radical (unpaired) electrons. The zero-order chi connectivity index (χ0) is 20.4. The highest BCUT2D eigenvalue weighted by Crippen LogP contribution is 2.26. The van der Waals surface area contributed by atoms with Crippen LogP contribution in [0.15, 0.2) is 66.7 Å². The van der Waals surface area contributed by atoms with E-state index in [9.17, 15) is 18.7 Å². The minimum absolute atomic E-state index is 0.365. The summed E-state index contributed by atoms with van der Waals surface area (Å²) in [6.07, 6.45) is 0. The molecule has 0 saturated heterocycles. The molecule has 0 saturated carbocycles. The number of benzene rings is 3. The molecule has 0 aliphatic heterocycles. The second kappa shape index (κ2) is 7.81. The van der Waals surface area contributed by atoms with Crippen molar-refractivity contribution in [3.05, 3.63) is 89.6 Å². The minimum atomic E-state index is -0.738. The molecule has 3 aromatic carbocycles. The van der Waals surface area contributed by atoms with Gasteiger partial charge < -0.3 is 10.4 Å². The molecule has 0 bridgehead atoms. The quantitative estimate of drug-likeness (QED) is 0.480. The first-order valence-electron chi connectivity index (χ1n) is 8.96. The Morgan fingerprint density at radius 1 is 1.03 bits per heavy atom. The van der Waals surface area contributed by atoms with Gasteiger partial charge in [-0.2, -0.15) is 9.49 Å². The van der Waals surface area contributed by atoms with E-state index in [-0.39, 0.29) is 6.61 Å². The molecule has 3 N–H and O–H groups in total. The van der Waals surface area contributed by atoms with Gasteiger partial charge in [0.25, 0.3) is 5.91 Å². The van der Waals surface area contributed by atoms with Crippen LogP contribution in [0.4, 0.5) is 8.78 Å². The normalized spacial score (nSPS) is 12.1. The molecule has 0 aliphatic rings. The number of fused-ring (bicyclic) bond motifs is 1. The van der Waals surface area contributed by atoms with Gasteiger partial charge in [-0.1, -0.05) is 30.3 Å². The van der Waals surface area contributed by atoms with Crippen molar-refractivity contribution in [1.82, 2.24) is 15.5 Å². The Morgan fingerprint density at radius 3 is 2.62 bits per heavy atom. The average Bonchev–Trinajstić information content (AvgIpc) is 3.12. The molecule has 29 heavy (non-hydrogen) atoms. The molecule has 0 fully saturated rings. The second-order valence-electron chi connectivity index (χ2n) is 6.61. The minimum Gasteiger partial charge on any atom is -0.394 e. The Hall–Kier alpha value is -3.58. The van der Waals surface area contributed by atoms with Crippen molar-refractivity contribution in [2.24, 2.45) is 0 Å². The SMILES string of the molecule is O=C(NC(CO)c1cccc(F)c1)c1cccc(-c2ccc3n[nH]c(F)c3c2)c1. The van der Waals surface area contributed by atoms with Gasteiger partial charge in [-0.15, -0.1) is 0 Å². The van der Waals surface area contributed by atoms with E-state index >= 15 is 0 Å². The number of hydrogen-bond acceptors (Lipinski definition) is 3. The fourth-order valence-corrected chi connectivity index (χ4v) is 3.20. The van der Waals surface area contributed by atoms with Gasteiger partial charge in [0.2, 0.25) is 5.95 Å². The number of rotatable bonds is 5. The second-order valence-corrected chi connectivity index (χ2v) is 6.61.